The van der Waals surface area contributed by atoms with Gasteiger partial charge in [-0.25, -0.2) is 9.97 Å². The van der Waals surface area contributed by atoms with Crippen LogP contribution in [0.25, 0.3) is 16.9 Å². The summed E-state index contributed by atoms with van der Waals surface area (Å²) in [6.45, 7) is 4.17. The summed E-state index contributed by atoms with van der Waals surface area (Å²) >= 11 is 0. The number of hydrogen-bond donors (Lipinski definition) is 1. The zero-order chi connectivity index (χ0) is 18.8. The largest absolute Gasteiger partial charge is 0.362 e. The predicted molar refractivity (Wildman–Crippen MR) is 105 cm³/mol. The molecule has 4 aromatic rings. The average molecular weight is 354 g/mol. The Morgan fingerprint density at radius 1 is 1.11 bits per heavy atom. The number of rotatable bonds is 4. The maximum Gasteiger partial charge on any atom is 0.159 e. The molecule has 4 rings (SSSR count). The lowest BCUT2D eigenvalue weighted by Crippen LogP contribution is -2.09. The van der Waals surface area contributed by atoms with Crippen molar-refractivity contribution in [1.82, 2.24) is 19.5 Å². The highest BCUT2D eigenvalue weighted by Crippen LogP contribution is 2.21. The highest BCUT2D eigenvalue weighted by atomic mass is 15.2. The second-order valence-electron chi connectivity index (χ2n) is 6.47. The molecule has 0 spiro atoms. The van der Waals surface area contributed by atoms with Gasteiger partial charge in [-0.3, -0.25) is 9.55 Å². The van der Waals surface area contributed by atoms with E-state index < -0.39 is 0 Å². The van der Waals surface area contributed by atoms with Crippen LogP contribution in [0.3, 0.4) is 0 Å². The summed E-state index contributed by atoms with van der Waals surface area (Å²) in [6, 6.07) is 16.1. The van der Waals surface area contributed by atoms with Crippen LogP contribution < -0.4 is 5.32 Å². The van der Waals surface area contributed by atoms with Crippen molar-refractivity contribution in [2.45, 2.75) is 19.9 Å². The van der Waals surface area contributed by atoms with Crippen LogP contribution in [0, 0.1) is 18.3 Å². The van der Waals surface area contributed by atoms with Crippen molar-refractivity contribution in [3.8, 4) is 11.9 Å². The summed E-state index contributed by atoms with van der Waals surface area (Å²) in [6.07, 6.45) is 5.10. The van der Waals surface area contributed by atoms with Gasteiger partial charge in [0.15, 0.2) is 5.82 Å². The fraction of sp³-hybridized carbons (Fsp3) is 0.143. The molecule has 1 unspecified atom stereocenters. The first-order chi connectivity index (χ1) is 13.1. The third kappa shape index (κ3) is 3.35. The minimum Gasteiger partial charge on any atom is -0.362 e. The van der Waals surface area contributed by atoms with E-state index in [9.17, 15) is 0 Å². The molecule has 27 heavy (non-hydrogen) atoms. The van der Waals surface area contributed by atoms with Gasteiger partial charge in [0.2, 0.25) is 0 Å². The Balaban J connectivity index is 1.63. The SMILES string of the molecule is Cc1ccc(C(C)Nc2cncc(-n3cnc4cc(C#N)ccc43)n2)cc1. The number of aromatic nitrogens is 4. The molecule has 0 bridgehead atoms. The summed E-state index contributed by atoms with van der Waals surface area (Å²) in [5.41, 5.74) is 4.64. The van der Waals surface area contributed by atoms with Crippen LogP contribution in [0.2, 0.25) is 0 Å². The van der Waals surface area contributed by atoms with Crippen LogP contribution >= 0.6 is 0 Å². The minimum atomic E-state index is 0.105. The predicted octanol–water partition coefficient (Wildman–Crippen LogP) is 4.17. The zero-order valence-electron chi connectivity index (χ0n) is 15.1. The summed E-state index contributed by atoms with van der Waals surface area (Å²) in [5, 5.41) is 12.4. The van der Waals surface area contributed by atoms with E-state index in [0.29, 0.717) is 17.2 Å². The van der Waals surface area contributed by atoms with E-state index in [-0.39, 0.29) is 6.04 Å². The standard InChI is InChI=1S/C21H18N6/c1-14-3-6-17(7-4-14)15(2)25-20-11-23-12-21(26-20)27-13-24-18-9-16(10-22)5-8-19(18)27/h3-9,11-13,15H,1-2H3,(H,25,26). The van der Waals surface area contributed by atoms with Gasteiger partial charge in [0, 0.05) is 6.04 Å². The van der Waals surface area contributed by atoms with Gasteiger partial charge in [-0.2, -0.15) is 5.26 Å². The monoisotopic (exact) mass is 354 g/mol. The summed E-state index contributed by atoms with van der Waals surface area (Å²) in [5.74, 6) is 1.36. The molecular formula is C21H18N6. The zero-order valence-corrected chi connectivity index (χ0v) is 15.1. The molecule has 0 aliphatic carbocycles. The van der Waals surface area contributed by atoms with Crippen molar-refractivity contribution < 1.29 is 0 Å². The van der Waals surface area contributed by atoms with Gasteiger partial charge in [0.05, 0.1) is 35.1 Å². The first-order valence-electron chi connectivity index (χ1n) is 8.67. The number of benzene rings is 2. The molecule has 0 amide bonds. The van der Waals surface area contributed by atoms with E-state index in [1.54, 1.807) is 30.9 Å². The van der Waals surface area contributed by atoms with E-state index in [2.05, 4.69) is 64.5 Å². The molecular weight excluding hydrogens is 336 g/mol. The lowest BCUT2D eigenvalue weighted by atomic mass is 10.1. The molecule has 0 fully saturated rings. The maximum atomic E-state index is 9.04. The molecule has 0 radical (unpaired) electrons. The van der Waals surface area contributed by atoms with E-state index >= 15 is 0 Å². The number of anilines is 1. The number of nitriles is 1. The highest BCUT2D eigenvalue weighted by Gasteiger charge is 2.10. The Hall–Kier alpha value is -3.72. The van der Waals surface area contributed by atoms with Crippen LogP contribution in [-0.4, -0.2) is 19.5 Å². The molecule has 0 saturated heterocycles. The molecule has 0 aliphatic heterocycles. The van der Waals surface area contributed by atoms with E-state index in [4.69, 9.17) is 5.26 Å². The average Bonchev–Trinajstić information content (AvgIpc) is 3.11. The fourth-order valence-electron chi connectivity index (χ4n) is 2.97. The summed E-state index contributed by atoms with van der Waals surface area (Å²) < 4.78 is 1.87. The normalized spacial score (nSPS) is 11.9. The molecule has 0 saturated carbocycles. The van der Waals surface area contributed by atoms with Crippen molar-refractivity contribution in [3.05, 3.63) is 77.9 Å². The van der Waals surface area contributed by atoms with Crippen molar-refractivity contribution in [1.29, 1.82) is 5.26 Å². The van der Waals surface area contributed by atoms with Crippen LogP contribution in [0.4, 0.5) is 5.82 Å². The molecule has 0 aliphatic rings. The van der Waals surface area contributed by atoms with Crippen LogP contribution in [-0.2, 0) is 0 Å². The second kappa shape index (κ2) is 6.89. The van der Waals surface area contributed by atoms with Crippen molar-refractivity contribution >= 4 is 16.9 Å². The van der Waals surface area contributed by atoms with E-state index in [1.165, 1.54) is 11.1 Å². The quantitative estimate of drug-likeness (QED) is 0.595. The number of fused-ring (bicyclic) bond motifs is 1. The van der Waals surface area contributed by atoms with Crippen LogP contribution in [0.1, 0.15) is 29.7 Å². The van der Waals surface area contributed by atoms with Gasteiger partial charge in [-0.05, 0) is 37.6 Å². The summed E-state index contributed by atoms with van der Waals surface area (Å²) in [7, 11) is 0. The molecule has 2 heterocycles. The lowest BCUT2D eigenvalue weighted by Gasteiger charge is -2.15. The molecule has 6 heteroatoms. The second-order valence-corrected chi connectivity index (χ2v) is 6.47. The number of imidazole rings is 1. The third-order valence-corrected chi connectivity index (χ3v) is 4.49. The van der Waals surface area contributed by atoms with Gasteiger partial charge in [-0.15, -0.1) is 0 Å². The number of hydrogen-bond acceptors (Lipinski definition) is 5. The van der Waals surface area contributed by atoms with Gasteiger partial charge in [0.1, 0.15) is 12.1 Å². The van der Waals surface area contributed by atoms with Crippen molar-refractivity contribution in [3.63, 3.8) is 0 Å². The Morgan fingerprint density at radius 3 is 2.70 bits per heavy atom. The Kier molecular flexibility index (Phi) is 4.27. The Bertz CT molecular complexity index is 1140. The maximum absolute atomic E-state index is 9.04. The first-order valence-corrected chi connectivity index (χ1v) is 8.67. The third-order valence-electron chi connectivity index (χ3n) is 4.49. The van der Waals surface area contributed by atoms with Gasteiger partial charge < -0.3 is 5.32 Å². The van der Waals surface area contributed by atoms with E-state index in [0.717, 1.165) is 11.0 Å². The molecule has 1 atom stereocenters. The first kappa shape index (κ1) is 16.7. The lowest BCUT2D eigenvalue weighted by molar-refractivity contribution is 0.864. The van der Waals surface area contributed by atoms with Crippen LogP contribution in [0.5, 0.6) is 0 Å². The smallest absolute Gasteiger partial charge is 0.159 e. The molecule has 2 aromatic heterocycles. The Morgan fingerprint density at radius 2 is 1.93 bits per heavy atom. The summed E-state index contributed by atoms with van der Waals surface area (Å²) in [4.78, 5) is 13.4. The minimum absolute atomic E-state index is 0.105. The van der Waals surface area contributed by atoms with Gasteiger partial charge in [0.25, 0.3) is 0 Å². The molecule has 6 nitrogen and oxygen atoms in total. The number of nitrogens with one attached hydrogen (secondary N) is 1. The molecule has 1 N–H and O–H groups in total. The molecule has 132 valence electrons. The van der Waals surface area contributed by atoms with Crippen LogP contribution in [0.15, 0.2) is 61.2 Å². The van der Waals surface area contributed by atoms with Crippen molar-refractivity contribution in [2.24, 2.45) is 0 Å². The number of nitrogens with zero attached hydrogens (tertiary/aromatic N) is 5. The van der Waals surface area contributed by atoms with Gasteiger partial charge >= 0.3 is 0 Å². The van der Waals surface area contributed by atoms with Crippen molar-refractivity contribution in [2.75, 3.05) is 5.32 Å². The van der Waals surface area contributed by atoms with E-state index in [1.807, 2.05) is 10.6 Å². The fourth-order valence-corrected chi connectivity index (χ4v) is 2.97. The Labute approximate surface area is 157 Å². The number of aryl methyl sites for hydroxylation is 1. The topological polar surface area (TPSA) is 79.4 Å². The highest BCUT2D eigenvalue weighted by molar-refractivity contribution is 5.78. The molecule has 2 aromatic carbocycles. The van der Waals surface area contributed by atoms with Gasteiger partial charge in [-0.1, -0.05) is 29.8 Å².